The van der Waals surface area contributed by atoms with Crippen molar-refractivity contribution in [2.75, 3.05) is 32.9 Å². The summed E-state index contributed by atoms with van der Waals surface area (Å²) in [6.45, 7) is 1.12. The molecule has 0 bridgehead atoms. The van der Waals surface area contributed by atoms with Crippen molar-refractivity contribution >= 4 is 41.1 Å². The first-order chi connectivity index (χ1) is 10.9. The molecule has 0 radical (unpaired) electrons. The molecule has 0 spiro atoms. The van der Waals surface area contributed by atoms with Gasteiger partial charge in [-0.1, -0.05) is 0 Å². The van der Waals surface area contributed by atoms with Gasteiger partial charge < -0.3 is 10.4 Å². The van der Waals surface area contributed by atoms with E-state index >= 15 is 0 Å². The van der Waals surface area contributed by atoms with Crippen molar-refractivity contribution in [1.29, 1.82) is 0 Å². The van der Waals surface area contributed by atoms with E-state index < -0.39 is 11.4 Å². The molecule has 1 saturated heterocycles. The van der Waals surface area contributed by atoms with Gasteiger partial charge in [-0.3, -0.25) is 14.7 Å². The summed E-state index contributed by atoms with van der Waals surface area (Å²) in [4.78, 5) is 19.4. The average Bonchev–Trinajstić information content (AvgIpc) is 3.13. The van der Waals surface area contributed by atoms with Gasteiger partial charge in [-0.25, -0.2) is 4.39 Å². The predicted octanol–water partition coefficient (Wildman–Crippen LogP) is 1.91. The second-order valence-electron chi connectivity index (χ2n) is 5.73. The summed E-state index contributed by atoms with van der Waals surface area (Å²) in [5.41, 5.74) is -0.193. The molecule has 0 amide bonds. The quantitative estimate of drug-likeness (QED) is 0.795. The summed E-state index contributed by atoms with van der Waals surface area (Å²) in [5, 5.41) is 13.7. The van der Waals surface area contributed by atoms with Crippen molar-refractivity contribution in [3.63, 3.8) is 0 Å². The zero-order valence-corrected chi connectivity index (χ0v) is 15.0. The molecule has 0 aromatic heterocycles. The van der Waals surface area contributed by atoms with E-state index in [9.17, 15) is 14.3 Å². The van der Waals surface area contributed by atoms with E-state index in [4.69, 9.17) is 0 Å². The van der Waals surface area contributed by atoms with Gasteiger partial charge in [0, 0.05) is 24.4 Å². The number of hydrogen-bond donors (Lipinski definition) is 2. The lowest BCUT2D eigenvalue weighted by molar-refractivity contribution is -0.120. The number of nitrogens with zero attached hydrogens (tertiary/aromatic N) is 2. The number of rotatable bonds is 3. The molecule has 1 aromatic rings. The van der Waals surface area contributed by atoms with Crippen LogP contribution in [0, 0.1) is 5.82 Å². The molecule has 1 atom stereocenters. The highest BCUT2D eigenvalue weighted by atomic mass is 35.5. The van der Waals surface area contributed by atoms with E-state index in [0.29, 0.717) is 18.8 Å². The van der Waals surface area contributed by atoms with Gasteiger partial charge in [0.25, 0.3) is 0 Å². The summed E-state index contributed by atoms with van der Waals surface area (Å²) in [5.74, 6) is 0.236. The largest absolute Gasteiger partial charge is 0.507 e. The van der Waals surface area contributed by atoms with Crippen LogP contribution in [0.5, 0.6) is 5.75 Å². The highest BCUT2D eigenvalue weighted by molar-refractivity contribution is 8.14. The molecule has 2 aliphatic rings. The van der Waals surface area contributed by atoms with Crippen LogP contribution in [-0.4, -0.2) is 59.3 Å². The first-order valence-corrected chi connectivity index (χ1v) is 8.28. The highest BCUT2D eigenvalue weighted by Crippen LogP contribution is 2.33. The van der Waals surface area contributed by atoms with Crippen LogP contribution in [0.15, 0.2) is 28.9 Å². The normalized spacial score (nSPS) is 24.9. The zero-order chi connectivity index (χ0) is 16.6. The van der Waals surface area contributed by atoms with Crippen molar-refractivity contribution in [3.8, 4) is 5.75 Å². The fraction of sp³-hybridized carbons (Fsp3) is 0.375. The monoisotopic (exact) mass is 371 g/mol. The van der Waals surface area contributed by atoms with E-state index in [1.807, 2.05) is 19.0 Å². The van der Waals surface area contributed by atoms with Gasteiger partial charge in [-0.2, -0.15) is 0 Å². The highest BCUT2D eigenvalue weighted by Gasteiger charge is 2.52. The maximum Gasteiger partial charge on any atom is 0.207 e. The van der Waals surface area contributed by atoms with Crippen LogP contribution in [0.25, 0.3) is 6.08 Å². The number of halogens is 2. The Balaban J connectivity index is 0.00000208. The van der Waals surface area contributed by atoms with Crippen molar-refractivity contribution in [1.82, 2.24) is 10.2 Å². The van der Waals surface area contributed by atoms with Crippen LogP contribution in [0.3, 0.4) is 0 Å². The van der Waals surface area contributed by atoms with Gasteiger partial charge in [0.05, 0.1) is 10.7 Å². The minimum absolute atomic E-state index is 0. The summed E-state index contributed by atoms with van der Waals surface area (Å²) in [6.07, 6.45) is 1.49. The smallest absolute Gasteiger partial charge is 0.207 e. The number of phenols is 1. The number of carbonyl (C=O) groups is 1. The Morgan fingerprint density at radius 3 is 2.83 bits per heavy atom. The third-order valence-electron chi connectivity index (χ3n) is 4.15. The van der Waals surface area contributed by atoms with E-state index in [2.05, 4.69) is 10.3 Å². The minimum atomic E-state index is -0.823. The third kappa shape index (κ3) is 3.03. The molecular formula is C16H19ClFN3O2S. The predicted molar refractivity (Wildman–Crippen MR) is 97.5 cm³/mol. The number of benzene rings is 1. The number of carbonyl (C=O) groups excluding carboxylic acids is 1. The van der Waals surface area contributed by atoms with Crippen LogP contribution < -0.4 is 5.32 Å². The molecule has 1 fully saturated rings. The molecule has 0 aliphatic carbocycles. The Morgan fingerprint density at radius 2 is 2.21 bits per heavy atom. The molecule has 24 heavy (non-hydrogen) atoms. The van der Waals surface area contributed by atoms with Crippen LogP contribution >= 0.6 is 24.2 Å². The molecular weight excluding hydrogens is 353 g/mol. The number of thioether (sulfide) groups is 1. The standard InChI is InChI=1S/C16H18FN3O2S.ClH/c1-20(2)16(15-18-5-6-23-15)9-19-12(14(16)22)8-10-7-11(17)3-4-13(10)21;/h3-4,7-8,19,21H,5-6,9H2,1-2H3;1H/b12-8-;/t16-;/m1./s1. The average molecular weight is 372 g/mol. The molecule has 2 N–H and O–H groups in total. The Labute approximate surface area is 150 Å². The summed E-state index contributed by atoms with van der Waals surface area (Å²) >= 11 is 1.60. The molecule has 2 aliphatic heterocycles. The molecule has 5 nitrogen and oxygen atoms in total. The Kier molecular flexibility index (Phi) is 5.57. The topological polar surface area (TPSA) is 64.9 Å². The van der Waals surface area contributed by atoms with Gasteiger partial charge in [0.15, 0.2) is 5.54 Å². The summed E-state index contributed by atoms with van der Waals surface area (Å²) in [7, 11) is 3.70. The molecule has 2 heterocycles. The number of Topliss-reactive ketones (excluding diaryl/α,β-unsaturated/α-hetero) is 1. The van der Waals surface area contributed by atoms with Gasteiger partial charge in [0.1, 0.15) is 11.6 Å². The SMILES string of the molecule is CN(C)[C@]1(C2=NCCS2)CN/C(=C\c2cc(F)ccc2O)C1=O.Cl. The maximum atomic E-state index is 13.4. The van der Waals surface area contributed by atoms with Gasteiger partial charge in [-0.15, -0.1) is 24.2 Å². The second-order valence-corrected chi connectivity index (χ2v) is 6.82. The Hall–Kier alpha value is -1.57. The van der Waals surface area contributed by atoms with Crippen LogP contribution in [0.1, 0.15) is 5.56 Å². The lowest BCUT2D eigenvalue weighted by Crippen LogP contribution is -2.56. The first-order valence-electron chi connectivity index (χ1n) is 7.29. The number of aliphatic imine (C=N–C) groups is 1. The van der Waals surface area contributed by atoms with Crippen LogP contribution in [0.2, 0.25) is 0 Å². The van der Waals surface area contributed by atoms with E-state index in [0.717, 1.165) is 10.8 Å². The number of phenolic OH excluding ortho intramolecular Hbond substituents is 1. The van der Waals surface area contributed by atoms with E-state index in [1.54, 1.807) is 11.8 Å². The van der Waals surface area contributed by atoms with Crippen molar-refractivity contribution in [2.24, 2.45) is 4.99 Å². The van der Waals surface area contributed by atoms with Crippen molar-refractivity contribution in [3.05, 3.63) is 35.3 Å². The summed E-state index contributed by atoms with van der Waals surface area (Å²) in [6, 6.07) is 3.65. The van der Waals surface area contributed by atoms with E-state index in [-0.39, 0.29) is 29.5 Å². The zero-order valence-electron chi connectivity index (χ0n) is 13.4. The van der Waals surface area contributed by atoms with Crippen LogP contribution in [0.4, 0.5) is 4.39 Å². The maximum absolute atomic E-state index is 13.4. The third-order valence-corrected chi connectivity index (χ3v) is 5.27. The first kappa shape index (κ1) is 18.8. The Bertz CT molecular complexity index is 723. The van der Waals surface area contributed by atoms with Gasteiger partial charge >= 0.3 is 0 Å². The number of aromatic hydroxyl groups is 1. The molecule has 3 rings (SSSR count). The molecule has 0 unspecified atom stereocenters. The molecule has 1 aromatic carbocycles. The molecule has 0 saturated carbocycles. The van der Waals surface area contributed by atoms with Gasteiger partial charge in [0.2, 0.25) is 5.78 Å². The lowest BCUT2D eigenvalue weighted by atomic mass is 9.95. The number of likely N-dealkylation sites (N-methyl/N-ethyl adjacent to an activating group) is 1. The Morgan fingerprint density at radius 1 is 1.46 bits per heavy atom. The molecule has 8 heteroatoms. The molecule has 130 valence electrons. The fourth-order valence-corrected chi connectivity index (χ4v) is 3.97. The van der Waals surface area contributed by atoms with Crippen molar-refractivity contribution in [2.45, 2.75) is 5.54 Å². The minimum Gasteiger partial charge on any atom is -0.507 e. The van der Waals surface area contributed by atoms with Crippen molar-refractivity contribution < 1.29 is 14.3 Å². The summed E-state index contributed by atoms with van der Waals surface area (Å²) < 4.78 is 13.4. The van der Waals surface area contributed by atoms with Crippen LogP contribution in [-0.2, 0) is 4.79 Å². The fourth-order valence-electron chi connectivity index (χ4n) is 2.83. The second kappa shape index (κ2) is 7.13. The number of nitrogens with one attached hydrogen (secondary N) is 1. The number of ketones is 1. The number of hydrogen-bond acceptors (Lipinski definition) is 6. The van der Waals surface area contributed by atoms with E-state index in [1.165, 1.54) is 24.3 Å². The van der Waals surface area contributed by atoms with Gasteiger partial charge in [-0.05, 0) is 38.4 Å². The lowest BCUT2D eigenvalue weighted by Gasteiger charge is -2.32.